The second-order valence-electron chi connectivity index (χ2n) is 5.12. The highest BCUT2D eigenvalue weighted by Crippen LogP contribution is 2.44. The predicted molar refractivity (Wildman–Crippen MR) is 87.6 cm³/mol. The van der Waals surface area contributed by atoms with Gasteiger partial charge in [-0.2, -0.15) is 5.26 Å². The van der Waals surface area contributed by atoms with E-state index in [1.807, 2.05) is 6.07 Å². The highest BCUT2D eigenvalue weighted by atomic mass is 35.5. The van der Waals surface area contributed by atoms with Crippen molar-refractivity contribution in [2.24, 2.45) is 5.73 Å². The molecule has 0 saturated carbocycles. The van der Waals surface area contributed by atoms with E-state index in [-0.39, 0.29) is 22.6 Å². The summed E-state index contributed by atoms with van der Waals surface area (Å²) in [5, 5.41) is 10.2. The van der Waals surface area contributed by atoms with Crippen molar-refractivity contribution in [1.82, 2.24) is 4.98 Å². The minimum absolute atomic E-state index is 0.0639. The molecule has 0 radical (unpaired) electrons. The smallest absolute Gasteiger partial charge is 0.256 e. The molecule has 0 unspecified atom stereocenters. The summed E-state index contributed by atoms with van der Waals surface area (Å²) in [5.41, 5.74) is 6.92. The number of allylic oxidation sites excluding steroid dienone is 1. The molecule has 1 aliphatic rings. The Morgan fingerprint density at radius 1 is 1.30 bits per heavy atom. The van der Waals surface area contributed by atoms with Crippen molar-refractivity contribution >= 4 is 23.2 Å². The summed E-state index contributed by atoms with van der Waals surface area (Å²) in [4.78, 5) is 15.2. The number of nitriles is 1. The monoisotopic (exact) mass is 347 g/mol. The maximum Gasteiger partial charge on any atom is 0.256 e. The summed E-state index contributed by atoms with van der Waals surface area (Å²) in [5.74, 6) is -0.552. The molecule has 3 N–H and O–H groups in total. The average Bonchev–Trinajstić information content (AvgIpc) is 2.46. The van der Waals surface area contributed by atoms with E-state index in [0.717, 1.165) is 0 Å². The topological polar surface area (TPSA) is 91.9 Å². The number of hydrogen-bond acceptors (Lipinski definition) is 4. The number of aryl methyl sites for hydroxylation is 1. The molecule has 2 heterocycles. The number of pyridine rings is 1. The molecule has 116 valence electrons. The molecule has 2 aromatic rings. The van der Waals surface area contributed by atoms with E-state index in [4.69, 9.17) is 33.7 Å². The van der Waals surface area contributed by atoms with Gasteiger partial charge in [-0.25, -0.2) is 0 Å². The van der Waals surface area contributed by atoms with E-state index in [1.165, 1.54) is 0 Å². The van der Waals surface area contributed by atoms with Gasteiger partial charge in [-0.15, -0.1) is 0 Å². The summed E-state index contributed by atoms with van der Waals surface area (Å²) >= 11 is 12.5. The van der Waals surface area contributed by atoms with Gasteiger partial charge in [0.1, 0.15) is 17.4 Å². The van der Waals surface area contributed by atoms with Gasteiger partial charge in [0.25, 0.3) is 5.56 Å². The van der Waals surface area contributed by atoms with Gasteiger partial charge in [0.05, 0.1) is 11.5 Å². The average molecular weight is 348 g/mol. The van der Waals surface area contributed by atoms with E-state index in [9.17, 15) is 10.1 Å². The van der Waals surface area contributed by atoms with Crippen LogP contribution in [0.5, 0.6) is 5.75 Å². The summed E-state index contributed by atoms with van der Waals surface area (Å²) in [6.07, 6.45) is 0. The first-order chi connectivity index (χ1) is 10.9. The van der Waals surface area contributed by atoms with Crippen molar-refractivity contribution in [1.29, 1.82) is 5.26 Å². The number of halogens is 2. The van der Waals surface area contributed by atoms with Crippen molar-refractivity contribution < 1.29 is 4.74 Å². The van der Waals surface area contributed by atoms with Crippen LogP contribution in [0.25, 0.3) is 0 Å². The van der Waals surface area contributed by atoms with Crippen LogP contribution in [0.3, 0.4) is 0 Å². The normalized spacial score (nSPS) is 16.5. The molecular formula is C16H11Cl2N3O2. The van der Waals surface area contributed by atoms with E-state index in [1.54, 1.807) is 31.2 Å². The van der Waals surface area contributed by atoms with E-state index in [2.05, 4.69) is 4.98 Å². The van der Waals surface area contributed by atoms with Crippen molar-refractivity contribution in [2.75, 3.05) is 0 Å². The lowest BCUT2D eigenvalue weighted by atomic mass is 9.84. The zero-order valence-electron chi connectivity index (χ0n) is 12.0. The quantitative estimate of drug-likeness (QED) is 0.828. The third-order valence-electron chi connectivity index (χ3n) is 3.64. The molecule has 1 aliphatic heterocycles. The fourth-order valence-corrected chi connectivity index (χ4v) is 3.30. The van der Waals surface area contributed by atoms with Crippen LogP contribution in [0.2, 0.25) is 10.0 Å². The minimum atomic E-state index is -0.783. The molecule has 0 amide bonds. The fourth-order valence-electron chi connectivity index (χ4n) is 2.68. The largest absolute Gasteiger partial charge is 0.440 e. The number of H-pyrrole nitrogens is 1. The third-order valence-corrected chi connectivity index (χ3v) is 4.30. The number of nitrogens with two attached hydrogens (primary N) is 1. The number of nitrogens with one attached hydrogen (secondary N) is 1. The molecule has 1 aromatic carbocycles. The first-order valence-corrected chi connectivity index (χ1v) is 7.45. The molecule has 5 nitrogen and oxygen atoms in total. The third kappa shape index (κ3) is 2.46. The number of hydrogen-bond donors (Lipinski definition) is 2. The molecule has 0 aliphatic carbocycles. The summed E-state index contributed by atoms with van der Waals surface area (Å²) in [6, 6.07) is 8.62. The Kier molecular flexibility index (Phi) is 3.80. The van der Waals surface area contributed by atoms with Crippen LogP contribution in [-0.2, 0) is 0 Å². The molecule has 0 bridgehead atoms. The van der Waals surface area contributed by atoms with Crippen molar-refractivity contribution in [3.05, 3.63) is 72.9 Å². The van der Waals surface area contributed by atoms with Crippen molar-refractivity contribution in [3.8, 4) is 11.8 Å². The number of benzene rings is 1. The Morgan fingerprint density at radius 3 is 2.57 bits per heavy atom. The molecule has 0 saturated heterocycles. The first kappa shape index (κ1) is 15.5. The van der Waals surface area contributed by atoms with Gasteiger partial charge in [-0.1, -0.05) is 29.3 Å². The van der Waals surface area contributed by atoms with E-state index < -0.39 is 5.92 Å². The van der Waals surface area contributed by atoms with Gasteiger partial charge in [0.2, 0.25) is 5.88 Å². The number of aromatic amines is 1. The predicted octanol–water partition coefficient (Wildman–Crippen LogP) is 3.21. The second kappa shape index (κ2) is 5.65. The van der Waals surface area contributed by atoms with Crippen molar-refractivity contribution in [2.45, 2.75) is 12.8 Å². The molecular weight excluding hydrogens is 337 g/mol. The van der Waals surface area contributed by atoms with Crippen molar-refractivity contribution in [3.63, 3.8) is 0 Å². The number of aromatic nitrogens is 1. The first-order valence-electron chi connectivity index (χ1n) is 6.69. The SMILES string of the molecule is Cc1cc2c(c(=O)[nH]1)[C@H](c1c(Cl)cccc1Cl)C(C#N)=C(N)O2. The van der Waals surface area contributed by atoms with Gasteiger partial charge in [0, 0.05) is 27.4 Å². The summed E-state index contributed by atoms with van der Waals surface area (Å²) in [6.45, 7) is 1.72. The number of rotatable bonds is 1. The number of fused-ring (bicyclic) bond motifs is 1. The Morgan fingerprint density at radius 2 is 1.96 bits per heavy atom. The van der Waals surface area contributed by atoms with Gasteiger partial charge in [0.15, 0.2) is 0 Å². The van der Waals surface area contributed by atoms with Crippen LogP contribution in [0, 0.1) is 18.3 Å². The zero-order chi connectivity index (χ0) is 16.7. The van der Waals surface area contributed by atoms with Gasteiger partial charge < -0.3 is 15.5 Å². The molecule has 1 aromatic heterocycles. The Bertz CT molecular complexity index is 921. The van der Waals surface area contributed by atoms with Crippen LogP contribution in [0.15, 0.2) is 40.5 Å². The standard InChI is InChI=1S/C16H11Cl2N3O2/c1-7-5-11-14(16(22)21-7)12(8(6-19)15(20)23-11)13-9(17)3-2-4-10(13)18/h2-5,12H,20H2,1H3,(H,21,22)/t12-/m0/s1. The van der Waals surface area contributed by atoms with Gasteiger partial charge >= 0.3 is 0 Å². The highest BCUT2D eigenvalue weighted by Gasteiger charge is 2.35. The van der Waals surface area contributed by atoms with Crippen LogP contribution in [-0.4, -0.2) is 4.98 Å². The van der Waals surface area contributed by atoms with Gasteiger partial charge in [-0.3, -0.25) is 4.79 Å². The maximum absolute atomic E-state index is 12.5. The Labute approximate surface area is 141 Å². The van der Waals surface area contributed by atoms with Crippen LogP contribution in [0.4, 0.5) is 0 Å². The van der Waals surface area contributed by atoms with Gasteiger partial charge in [-0.05, 0) is 19.1 Å². The second-order valence-corrected chi connectivity index (χ2v) is 5.93. The molecule has 0 spiro atoms. The summed E-state index contributed by atoms with van der Waals surface area (Å²) in [7, 11) is 0. The zero-order valence-corrected chi connectivity index (χ0v) is 13.5. The fraction of sp³-hybridized carbons (Fsp3) is 0.125. The lowest BCUT2D eigenvalue weighted by Gasteiger charge is -2.26. The maximum atomic E-state index is 12.5. The highest BCUT2D eigenvalue weighted by molar-refractivity contribution is 6.36. The van der Waals surface area contributed by atoms with E-state index >= 15 is 0 Å². The van der Waals surface area contributed by atoms with Crippen LogP contribution >= 0.6 is 23.2 Å². The molecule has 3 rings (SSSR count). The molecule has 1 atom stereocenters. The van der Waals surface area contributed by atoms with E-state index in [0.29, 0.717) is 27.1 Å². The number of ether oxygens (including phenoxy) is 1. The Balaban J connectivity index is 2.40. The summed E-state index contributed by atoms with van der Waals surface area (Å²) < 4.78 is 5.46. The minimum Gasteiger partial charge on any atom is -0.440 e. The molecule has 7 heteroatoms. The Hall–Kier alpha value is -2.42. The lowest BCUT2D eigenvalue weighted by Crippen LogP contribution is -2.28. The van der Waals surface area contributed by atoms with Crippen LogP contribution < -0.4 is 16.0 Å². The lowest BCUT2D eigenvalue weighted by molar-refractivity contribution is 0.391. The number of nitrogens with zero attached hydrogens (tertiary/aromatic N) is 1. The molecule has 0 fully saturated rings. The van der Waals surface area contributed by atoms with Crippen LogP contribution in [0.1, 0.15) is 22.7 Å². The molecule has 23 heavy (non-hydrogen) atoms.